The van der Waals surface area contributed by atoms with Crippen molar-refractivity contribution >= 4 is 57.7 Å². The number of hydrogen-bond donors (Lipinski definition) is 2. The predicted molar refractivity (Wildman–Crippen MR) is 176 cm³/mol. The smallest absolute Gasteiger partial charge is 0.270 e. The van der Waals surface area contributed by atoms with Crippen LogP contribution in [0, 0.1) is 5.82 Å². The number of allylic oxidation sites excluding steroid dienone is 2. The molecule has 1 aliphatic rings. The van der Waals surface area contributed by atoms with Crippen molar-refractivity contribution in [3.63, 3.8) is 0 Å². The van der Waals surface area contributed by atoms with Crippen molar-refractivity contribution in [1.82, 2.24) is 4.98 Å². The number of nitrogens with one attached hydrogen (secondary N) is 1. The number of aliphatic hydroxyl groups excluding tert-OH is 1. The van der Waals surface area contributed by atoms with Gasteiger partial charge in [-0.1, -0.05) is 94.1 Å². The third-order valence-electron chi connectivity index (χ3n) is 4.92. The Kier molecular flexibility index (Phi) is 21.0. The summed E-state index contributed by atoms with van der Waals surface area (Å²) in [6, 6.07) is 12.1. The fraction of sp³-hybridized carbons (Fsp3) is 0.323. The average Bonchev–Trinajstić information content (AvgIpc) is 3.45. The number of aliphatic hydroxyl groups is 1. The topological polar surface area (TPSA) is 82.5 Å². The second kappa shape index (κ2) is 22.7. The van der Waals surface area contributed by atoms with E-state index < -0.39 is 0 Å². The van der Waals surface area contributed by atoms with Gasteiger partial charge in [-0.3, -0.25) is 4.79 Å². The highest BCUT2D eigenvalue weighted by molar-refractivity contribution is 7.99. The average molecular weight is 622 g/mol. The molecule has 2 N–H and O–H groups in total. The van der Waals surface area contributed by atoms with E-state index in [2.05, 4.69) is 23.5 Å². The first kappa shape index (κ1) is 38.0. The molecular weight excluding hydrogens is 581 g/mol. The zero-order chi connectivity index (χ0) is 31.2. The number of anilines is 2. The van der Waals surface area contributed by atoms with E-state index in [1.54, 1.807) is 42.3 Å². The molecular formula is C31H41ClFN3O3S2. The van der Waals surface area contributed by atoms with Crippen LogP contribution in [-0.2, 0) is 17.6 Å². The van der Waals surface area contributed by atoms with Gasteiger partial charge in [-0.25, -0.2) is 9.37 Å². The van der Waals surface area contributed by atoms with E-state index in [1.165, 1.54) is 29.2 Å². The molecule has 1 amide bonds. The molecule has 0 saturated carbocycles. The second-order valence-electron chi connectivity index (χ2n) is 7.37. The molecule has 0 saturated heterocycles. The standard InChI is InChI=1S/C13H12ClN3OS.C10H11FO2S.C4H6.2C2H6/c1-15-13-16-9-6-7-17(12(18)11(9)19-13)10-5-3-2-4-8(10)14;11-10-7-9(14-6-5-13)2-1-8(10)3-4-12;1-3-4-2;2*1-2/h2-5H,6-7H2,1H3,(H,15,16);1-2,4,7,13H,3,5-6H2;3-4H,1-2H2;2*1-2H3. The predicted octanol–water partition coefficient (Wildman–Crippen LogP) is 8.10. The van der Waals surface area contributed by atoms with Crippen molar-refractivity contribution in [3.8, 4) is 0 Å². The van der Waals surface area contributed by atoms with E-state index >= 15 is 0 Å². The molecule has 0 atom stereocenters. The summed E-state index contributed by atoms with van der Waals surface area (Å²) in [5.41, 5.74) is 2.05. The van der Waals surface area contributed by atoms with Crippen LogP contribution in [0.25, 0.3) is 0 Å². The van der Waals surface area contributed by atoms with Crippen LogP contribution in [0.1, 0.15) is 48.6 Å². The number of thioether (sulfide) groups is 1. The van der Waals surface area contributed by atoms with Crippen LogP contribution in [-0.4, -0.2) is 48.2 Å². The molecule has 2 aromatic carbocycles. The molecule has 6 nitrogen and oxygen atoms in total. The van der Waals surface area contributed by atoms with Crippen LogP contribution in [0.15, 0.2) is 72.7 Å². The first-order chi connectivity index (χ1) is 19.9. The minimum atomic E-state index is -0.361. The minimum absolute atomic E-state index is 0.0200. The molecule has 0 bridgehead atoms. The van der Waals surface area contributed by atoms with E-state index in [9.17, 15) is 14.0 Å². The van der Waals surface area contributed by atoms with Crippen LogP contribution < -0.4 is 10.2 Å². The highest BCUT2D eigenvalue weighted by Gasteiger charge is 2.30. The molecule has 1 aliphatic heterocycles. The Morgan fingerprint density at radius 1 is 1.17 bits per heavy atom. The summed E-state index contributed by atoms with van der Waals surface area (Å²) in [4.78, 5) is 30.3. The van der Waals surface area contributed by atoms with Crippen LogP contribution in [0.3, 0.4) is 0 Å². The maximum Gasteiger partial charge on any atom is 0.270 e. The molecule has 0 spiro atoms. The van der Waals surface area contributed by atoms with Gasteiger partial charge >= 0.3 is 0 Å². The van der Waals surface area contributed by atoms with Crippen molar-refractivity contribution in [1.29, 1.82) is 0 Å². The van der Waals surface area contributed by atoms with Gasteiger partial charge in [0.05, 0.1) is 23.0 Å². The monoisotopic (exact) mass is 621 g/mol. The summed E-state index contributed by atoms with van der Waals surface area (Å²) in [6.07, 6.45) is 4.82. The van der Waals surface area contributed by atoms with Gasteiger partial charge in [-0.15, -0.1) is 11.8 Å². The fourth-order valence-electron chi connectivity index (χ4n) is 3.17. The Hall–Kier alpha value is -2.98. The highest BCUT2D eigenvalue weighted by atomic mass is 35.5. The van der Waals surface area contributed by atoms with Crippen molar-refractivity contribution in [2.75, 3.05) is 36.2 Å². The number of aromatic nitrogens is 1. The lowest BCUT2D eigenvalue weighted by Gasteiger charge is -2.26. The van der Waals surface area contributed by atoms with Gasteiger partial charge in [0, 0.05) is 37.1 Å². The van der Waals surface area contributed by atoms with Gasteiger partial charge in [0.2, 0.25) is 0 Å². The van der Waals surface area contributed by atoms with E-state index in [-0.39, 0.29) is 24.8 Å². The number of rotatable bonds is 8. The molecule has 0 unspecified atom stereocenters. The van der Waals surface area contributed by atoms with Crippen LogP contribution in [0.2, 0.25) is 5.02 Å². The number of fused-ring (bicyclic) bond motifs is 1. The van der Waals surface area contributed by atoms with Crippen LogP contribution >= 0.6 is 34.7 Å². The number of hydrogen-bond acceptors (Lipinski definition) is 7. The molecule has 41 heavy (non-hydrogen) atoms. The number of carbonyl (C=O) groups excluding carboxylic acids is 2. The molecule has 224 valence electrons. The van der Waals surface area contributed by atoms with Crippen molar-refractivity contribution in [2.24, 2.45) is 0 Å². The van der Waals surface area contributed by atoms with Gasteiger partial charge in [0.25, 0.3) is 5.91 Å². The molecule has 0 radical (unpaired) electrons. The van der Waals surface area contributed by atoms with E-state index in [1.807, 2.05) is 45.9 Å². The normalized spacial score (nSPS) is 10.9. The number of amides is 1. The molecule has 2 heterocycles. The Labute approximate surface area is 257 Å². The number of benzene rings is 2. The molecule has 1 aromatic heterocycles. The SMILES string of the molecule is C=CC=C.CC.CC.CNc1nc2c(s1)C(=O)N(c1ccccc1Cl)CC2.O=CCc1ccc(SCCO)cc1F. The minimum Gasteiger partial charge on any atom is -0.396 e. The Morgan fingerprint density at radius 3 is 2.37 bits per heavy atom. The summed E-state index contributed by atoms with van der Waals surface area (Å²) in [6.45, 7) is 15.4. The second-order valence-corrected chi connectivity index (χ2v) is 9.95. The van der Waals surface area contributed by atoms with Crippen molar-refractivity contribution in [3.05, 3.63) is 94.7 Å². The molecule has 3 aromatic rings. The number of nitrogens with zero attached hydrogens (tertiary/aromatic N) is 2. The highest BCUT2D eigenvalue weighted by Crippen LogP contribution is 2.33. The van der Waals surface area contributed by atoms with Gasteiger partial charge in [-0.05, 0) is 29.8 Å². The molecule has 0 aliphatic carbocycles. The number of thiazole rings is 1. The number of aldehydes is 1. The first-order valence-corrected chi connectivity index (χ1v) is 15.5. The lowest BCUT2D eigenvalue weighted by atomic mass is 10.1. The van der Waals surface area contributed by atoms with Crippen LogP contribution in [0.4, 0.5) is 15.2 Å². The van der Waals surface area contributed by atoms with E-state index in [0.29, 0.717) is 34.0 Å². The summed E-state index contributed by atoms with van der Waals surface area (Å²) in [5.74, 6) is 0.167. The third-order valence-corrected chi connectivity index (χ3v) is 7.32. The lowest BCUT2D eigenvalue weighted by Crippen LogP contribution is -2.37. The van der Waals surface area contributed by atoms with Crippen molar-refractivity contribution < 1.29 is 19.1 Å². The van der Waals surface area contributed by atoms with Gasteiger partial charge in [0.1, 0.15) is 17.0 Å². The van der Waals surface area contributed by atoms with E-state index in [4.69, 9.17) is 16.7 Å². The van der Waals surface area contributed by atoms with Gasteiger partial charge in [0.15, 0.2) is 5.13 Å². The summed E-state index contributed by atoms with van der Waals surface area (Å²) < 4.78 is 13.2. The van der Waals surface area contributed by atoms with Crippen molar-refractivity contribution in [2.45, 2.75) is 45.4 Å². The van der Waals surface area contributed by atoms with Gasteiger partial charge in [-0.2, -0.15) is 0 Å². The third kappa shape index (κ3) is 12.6. The molecule has 10 heteroatoms. The summed E-state index contributed by atoms with van der Waals surface area (Å²) in [5, 5.41) is 12.9. The zero-order valence-electron chi connectivity index (χ0n) is 24.5. The number of carbonyl (C=O) groups is 2. The molecule has 0 fully saturated rings. The van der Waals surface area contributed by atoms with E-state index in [0.717, 1.165) is 27.8 Å². The number of para-hydroxylation sites is 1. The Balaban J connectivity index is 0.000000642. The molecule has 4 rings (SSSR count). The largest absolute Gasteiger partial charge is 0.396 e. The van der Waals surface area contributed by atoms with Crippen LogP contribution in [0.5, 0.6) is 0 Å². The Morgan fingerprint density at radius 2 is 1.83 bits per heavy atom. The Bertz CT molecular complexity index is 1220. The summed E-state index contributed by atoms with van der Waals surface area (Å²) in [7, 11) is 1.81. The quantitative estimate of drug-likeness (QED) is 0.150. The maximum atomic E-state index is 13.2. The first-order valence-electron chi connectivity index (χ1n) is 13.3. The zero-order valence-corrected chi connectivity index (χ0v) is 26.8. The fourth-order valence-corrected chi connectivity index (χ4v) is 5.00. The number of halogens is 2. The lowest BCUT2D eigenvalue weighted by molar-refractivity contribution is -0.107. The maximum absolute atomic E-state index is 13.2. The van der Waals surface area contributed by atoms with Gasteiger partial charge < -0.3 is 20.1 Å². The summed E-state index contributed by atoms with van der Waals surface area (Å²) >= 11 is 8.94.